The van der Waals surface area contributed by atoms with E-state index in [4.69, 9.17) is 25.4 Å². The molecule has 1 aromatic carbocycles. The van der Waals surface area contributed by atoms with Gasteiger partial charge in [0.05, 0.1) is 6.10 Å². The van der Waals surface area contributed by atoms with Gasteiger partial charge < -0.3 is 24.4 Å². The van der Waals surface area contributed by atoms with Crippen LogP contribution in [0.4, 0.5) is 0 Å². The van der Waals surface area contributed by atoms with Crippen molar-refractivity contribution in [1.29, 1.82) is 5.41 Å². The van der Waals surface area contributed by atoms with Crippen molar-refractivity contribution >= 4 is 29.5 Å². The Morgan fingerprint density at radius 3 is 2.11 bits per heavy atom. The maximum absolute atomic E-state index is 13.0. The van der Waals surface area contributed by atoms with Crippen LogP contribution < -0.4 is 11.1 Å². The SMILES string of the molecule is CCO[C@H](C(=O)OC(C)C)C1CCN(C(=O)C(C)NC(=O)c2ccc(C(=N)C(=O)OC(C)N)cc2)CC1. The highest BCUT2D eigenvalue weighted by Gasteiger charge is 2.35. The number of benzene rings is 1. The molecule has 204 valence electrons. The van der Waals surface area contributed by atoms with Gasteiger partial charge in [-0.2, -0.15) is 0 Å². The van der Waals surface area contributed by atoms with Gasteiger partial charge in [-0.1, -0.05) is 12.1 Å². The van der Waals surface area contributed by atoms with Gasteiger partial charge in [0.25, 0.3) is 5.91 Å². The van der Waals surface area contributed by atoms with Crippen molar-refractivity contribution in [2.45, 2.75) is 71.9 Å². The number of hydrogen-bond donors (Lipinski definition) is 3. The summed E-state index contributed by atoms with van der Waals surface area (Å²) >= 11 is 0. The highest BCUT2D eigenvalue weighted by molar-refractivity contribution is 6.42. The maximum atomic E-state index is 13.0. The number of ether oxygens (including phenoxy) is 3. The first-order chi connectivity index (χ1) is 17.4. The Morgan fingerprint density at radius 1 is 1.03 bits per heavy atom. The van der Waals surface area contributed by atoms with Crippen LogP contribution in [0.15, 0.2) is 24.3 Å². The van der Waals surface area contributed by atoms with Crippen LogP contribution in [-0.4, -0.2) is 78.5 Å². The quantitative estimate of drug-likeness (QED) is 0.226. The number of nitrogens with one attached hydrogen (secondary N) is 2. The molecule has 1 aromatic rings. The van der Waals surface area contributed by atoms with Gasteiger partial charge >= 0.3 is 11.9 Å². The summed E-state index contributed by atoms with van der Waals surface area (Å²) < 4.78 is 15.8. The Kier molecular flexibility index (Phi) is 11.2. The van der Waals surface area contributed by atoms with Crippen LogP contribution in [0.2, 0.25) is 0 Å². The van der Waals surface area contributed by atoms with E-state index in [9.17, 15) is 19.2 Å². The molecule has 11 heteroatoms. The molecule has 0 radical (unpaired) electrons. The van der Waals surface area contributed by atoms with Crippen LogP contribution in [0.5, 0.6) is 0 Å². The Bertz CT molecular complexity index is 970. The van der Waals surface area contributed by atoms with E-state index < -0.39 is 30.3 Å². The molecule has 0 saturated carbocycles. The Labute approximate surface area is 217 Å². The average molecular weight is 519 g/mol. The molecule has 1 fully saturated rings. The zero-order chi connectivity index (χ0) is 27.7. The number of likely N-dealkylation sites (tertiary alicyclic amines) is 1. The third-order valence-corrected chi connectivity index (χ3v) is 5.86. The van der Waals surface area contributed by atoms with Crippen molar-refractivity contribution in [2.24, 2.45) is 11.7 Å². The van der Waals surface area contributed by atoms with E-state index in [1.807, 2.05) is 6.92 Å². The summed E-state index contributed by atoms with van der Waals surface area (Å²) in [5.74, 6) is -1.97. The highest BCUT2D eigenvalue weighted by Crippen LogP contribution is 2.24. The average Bonchev–Trinajstić information content (AvgIpc) is 2.85. The molecular weight excluding hydrogens is 480 g/mol. The van der Waals surface area contributed by atoms with Crippen molar-refractivity contribution in [2.75, 3.05) is 19.7 Å². The van der Waals surface area contributed by atoms with E-state index in [2.05, 4.69) is 5.32 Å². The summed E-state index contributed by atoms with van der Waals surface area (Å²) in [6.07, 6.45) is -0.560. The molecular formula is C26H38N4O7. The summed E-state index contributed by atoms with van der Waals surface area (Å²) in [6.45, 7) is 9.76. The topological polar surface area (TPSA) is 161 Å². The first kappa shape index (κ1) is 29.9. The lowest BCUT2D eigenvalue weighted by Crippen LogP contribution is -2.51. The molecule has 1 aliphatic rings. The molecule has 0 spiro atoms. The number of carbonyl (C=O) groups excluding carboxylic acids is 4. The third-order valence-electron chi connectivity index (χ3n) is 5.86. The highest BCUT2D eigenvalue weighted by atomic mass is 16.6. The monoisotopic (exact) mass is 518 g/mol. The largest absolute Gasteiger partial charge is 0.461 e. The molecule has 4 N–H and O–H groups in total. The minimum absolute atomic E-state index is 0.0530. The summed E-state index contributed by atoms with van der Waals surface area (Å²) in [5, 5.41) is 10.6. The number of carbonyl (C=O) groups is 4. The predicted octanol–water partition coefficient (Wildman–Crippen LogP) is 1.62. The normalized spacial score (nSPS) is 16.5. The molecule has 0 bridgehead atoms. The van der Waals surface area contributed by atoms with Crippen molar-refractivity contribution < 1.29 is 33.4 Å². The first-order valence-corrected chi connectivity index (χ1v) is 12.5. The number of esters is 2. The second-order valence-electron chi connectivity index (χ2n) is 9.28. The summed E-state index contributed by atoms with van der Waals surface area (Å²) in [4.78, 5) is 51.6. The molecule has 37 heavy (non-hydrogen) atoms. The molecule has 0 aromatic heterocycles. The smallest absolute Gasteiger partial charge is 0.358 e. The van der Waals surface area contributed by atoms with Crippen LogP contribution in [0.3, 0.4) is 0 Å². The van der Waals surface area contributed by atoms with Gasteiger partial charge in [-0.25, -0.2) is 9.59 Å². The second-order valence-corrected chi connectivity index (χ2v) is 9.28. The summed E-state index contributed by atoms with van der Waals surface area (Å²) in [5.41, 5.74) is 5.59. The van der Waals surface area contributed by atoms with Gasteiger partial charge in [-0.15, -0.1) is 0 Å². The minimum Gasteiger partial charge on any atom is -0.461 e. The van der Waals surface area contributed by atoms with E-state index in [1.165, 1.54) is 31.2 Å². The van der Waals surface area contributed by atoms with Gasteiger partial charge in [0, 0.05) is 30.8 Å². The molecule has 2 amide bonds. The fourth-order valence-corrected chi connectivity index (χ4v) is 4.05. The van der Waals surface area contributed by atoms with Gasteiger partial charge in [-0.3, -0.25) is 20.7 Å². The van der Waals surface area contributed by atoms with E-state index in [-0.39, 0.29) is 40.7 Å². The number of amides is 2. The molecule has 2 rings (SSSR count). The van der Waals surface area contributed by atoms with Crippen LogP contribution in [-0.2, 0) is 28.6 Å². The van der Waals surface area contributed by atoms with Crippen molar-refractivity contribution in [3.63, 3.8) is 0 Å². The number of rotatable bonds is 11. The Hall–Kier alpha value is -3.31. The number of nitrogens with two attached hydrogens (primary N) is 1. The van der Waals surface area contributed by atoms with Gasteiger partial charge in [0.15, 0.2) is 6.10 Å². The first-order valence-electron chi connectivity index (χ1n) is 12.5. The standard InChI is InChI=1S/C26H38N4O7/c1-6-35-22(26(34)36-15(2)3)19-11-13-30(14-12-19)24(32)16(4)29-23(31)20-9-7-18(8-10-20)21(28)25(33)37-17(5)27/h7-10,15-17,19,22,28H,6,11-14,27H2,1-5H3,(H,29,31)/t16?,17?,22-/m0/s1. The van der Waals surface area contributed by atoms with Crippen molar-refractivity contribution in [3.8, 4) is 0 Å². The molecule has 2 unspecified atom stereocenters. The van der Waals surface area contributed by atoms with Crippen LogP contribution in [0.25, 0.3) is 0 Å². The van der Waals surface area contributed by atoms with E-state index in [1.54, 1.807) is 25.7 Å². The number of piperidine rings is 1. The molecule has 3 atom stereocenters. The maximum Gasteiger partial charge on any atom is 0.358 e. The van der Waals surface area contributed by atoms with Gasteiger partial charge in [0.1, 0.15) is 18.0 Å². The lowest BCUT2D eigenvalue weighted by atomic mass is 9.90. The molecule has 1 heterocycles. The Balaban J connectivity index is 1.91. The molecule has 1 aliphatic heterocycles. The third kappa shape index (κ3) is 8.64. The zero-order valence-electron chi connectivity index (χ0n) is 22.1. The minimum atomic E-state index is -0.861. The predicted molar refractivity (Wildman–Crippen MR) is 136 cm³/mol. The van der Waals surface area contributed by atoms with Crippen molar-refractivity contribution in [3.05, 3.63) is 35.4 Å². The summed E-state index contributed by atoms with van der Waals surface area (Å²) in [7, 11) is 0. The molecule has 11 nitrogen and oxygen atoms in total. The number of hydrogen-bond acceptors (Lipinski definition) is 9. The van der Waals surface area contributed by atoms with Crippen LogP contribution in [0.1, 0.15) is 63.4 Å². The second kappa shape index (κ2) is 13.8. The fourth-order valence-electron chi connectivity index (χ4n) is 4.05. The fraction of sp³-hybridized carbons (Fsp3) is 0.577. The van der Waals surface area contributed by atoms with E-state index in [0.29, 0.717) is 32.5 Å². The molecule has 0 aliphatic carbocycles. The molecule has 1 saturated heterocycles. The van der Waals surface area contributed by atoms with E-state index >= 15 is 0 Å². The van der Waals surface area contributed by atoms with Crippen LogP contribution >= 0.6 is 0 Å². The van der Waals surface area contributed by atoms with Gasteiger partial charge in [0.2, 0.25) is 5.91 Å². The lowest BCUT2D eigenvalue weighted by Gasteiger charge is -2.36. The van der Waals surface area contributed by atoms with Crippen LogP contribution in [0, 0.1) is 11.3 Å². The zero-order valence-corrected chi connectivity index (χ0v) is 22.1. The Morgan fingerprint density at radius 2 is 1.59 bits per heavy atom. The number of nitrogens with zero attached hydrogens (tertiary/aromatic N) is 1. The summed E-state index contributed by atoms with van der Waals surface area (Å²) in [6, 6.07) is 5.07. The van der Waals surface area contributed by atoms with Gasteiger partial charge in [-0.05, 0) is 65.5 Å². The van der Waals surface area contributed by atoms with E-state index in [0.717, 1.165) is 0 Å². The van der Waals surface area contributed by atoms with Crippen molar-refractivity contribution in [1.82, 2.24) is 10.2 Å². The lowest BCUT2D eigenvalue weighted by molar-refractivity contribution is -0.166.